The van der Waals surface area contributed by atoms with Crippen LogP contribution in [-0.2, 0) is 15.1 Å². The summed E-state index contributed by atoms with van der Waals surface area (Å²) >= 11 is 6.12. The molecule has 3 N–H and O–H groups in total. The van der Waals surface area contributed by atoms with Crippen LogP contribution in [0.3, 0.4) is 0 Å². The van der Waals surface area contributed by atoms with Crippen molar-refractivity contribution < 1.29 is 13.9 Å². The molecule has 0 bridgehead atoms. The minimum absolute atomic E-state index is 0.0338. The summed E-state index contributed by atoms with van der Waals surface area (Å²) in [4.78, 5) is 13.1. The molecule has 1 aliphatic rings. The number of carbonyl (C=O) groups excluding carboxylic acids is 1. The Bertz CT molecular complexity index is 1020. The van der Waals surface area contributed by atoms with Gasteiger partial charge in [0.05, 0.1) is 16.3 Å². The summed E-state index contributed by atoms with van der Waals surface area (Å²) in [6, 6.07) is 10.6. The SMILES string of the molecule is [B]c1ccc([C@@]2(N)[C@H](CC(C)(C)C)N[C@@H](C(=O)OC(=C)C)[C@@H]2c2cccc(Cl)c2F)cc1. The van der Waals surface area contributed by atoms with Crippen LogP contribution in [0, 0.1) is 11.2 Å². The zero-order valence-corrected chi connectivity index (χ0v) is 19.7. The highest BCUT2D eigenvalue weighted by Gasteiger charge is 2.58. The Labute approximate surface area is 195 Å². The molecule has 2 aromatic rings. The van der Waals surface area contributed by atoms with Crippen molar-refractivity contribution in [3.05, 3.63) is 76.8 Å². The predicted molar refractivity (Wildman–Crippen MR) is 128 cm³/mol. The van der Waals surface area contributed by atoms with Crippen molar-refractivity contribution in [2.45, 2.75) is 57.7 Å². The van der Waals surface area contributed by atoms with Gasteiger partial charge in [-0.2, -0.15) is 0 Å². The quantitative estimate of drug-likeness (QED) is 0.406. The van der Waals surface area contributed by atoms with Gasteiger partial charge >= 0.3 is 5.97 Å². The van der Waals surface area contributed by atoms with E-state index in [1.54, 1.807) is 31.2 Å². The molecule has 0 saturated carbocycles. The van der Waals surface area contributed by atoms with Gasteiger partial charge in [-0.1, -0.05) is 80.8 Å². The molecule has 0 amide bonds. The van der Waals surface area contributed by atoms with Crippen molar-refractivity contribution in [1.82, 2.24) is 5.32 Å². The number of hydrogen-bond donors (Lipinski definition) is 2. The van der Waals surface area contributed by atoms with Crippen molar-refractivity contribution in [3.63, 3.8) is 0 Å². The van der Waals surface area contributed by atoms with Crippen molar-refractivity contribution in [1.29, 1.82) is 0 Å². The molecule has 2 radical (unpaired) electrons. The van der Waals surface area contributed by atoms with Crippen molar-refractivity contribution in [2.24, 2.45) is 11.1 Å². The normalized spacial score (nSPS) is 25.5. The van der Waals surface area contributed by atoms with Crippen LogP contribution in [0.2, 0.25) is 5.02 Å². The highest BCUT2D eigenvalue weighted by Crippen LogP contribution is 2.49. The highest BCUT2D eigenvalue weighted by molar-refractivity contribution is 6.32. The van der Waals surface area contributed by atoms with Gasteiger partial charge in [0.25, 0.3) is 0 Å². The molecule has 2 aromatic carbocycles. The molecule has 0 aliphatic carbocycles. The van der Waals surface area contributed by atoms with Crippen LogP contribution in [0.1, 0.15) is 51.2 Å². The van der Waals surface area contributed by atoms with Gasteiger partial charge in [0.1, 0.15) is 19.7 Å². The molecule has 1 fully saturated rings. The maximum absolute atomic E-state index is 15.3. The minimum atomic E-state index is -1.15. The Morgan fingerprint density at radius 1 is 1.28 bits per heavy atom. The number of ether oxygens (including phenoxy) is 1. The van der Waals surface area contributed by atoms with E-state index in [-0.39, 0.29) is 27.8 Å². The summed E-state index contributed by atoms with van der Waals surface area (Å²) in [7, 11) is 5.91. The molecule has 1 heterocycles. The molecule has 1 saturated heterocycles. The molecule has 4 atom stereocenters. The largest absolute Gasteiger partial charge is 0.431 e. The fourth-order valence-electron chi connectivity index (χ4n) is 4.57. The van der Waals surface area contributed by atoms with E-state index in [1.165, 1.54) is 6.07 Å². The molecule has 3 rings (SSSR count). The Hall–Kier alpha value is -2.15. The lowest BCUT2D eigenvalue weighted by Gasteiger charge is -2.39. The topological polar surface area (TPSA) is 64.3 Å². The van der Waals surface area contributed by atoms with E-state index in [1.807, 2.05) is 12.1 Å². The van der Waals surface area contributed by atoms with Crippen LogP contribution >= 0.6 is 11.6 Å². The summed E-state index contributed by atoms with van der Waals surface area (Å²) in [5.41, 5.74) is 7.50. The van der Waals surface area contributed by atoms with Gasteiger partial charge in [-0.25, -0.2) is 9.18 Å². The zero-order chi connectivity index (χ0) is 23.8. The molecule has 1 aliphatic heterocycles. The second-order valence-electron chi connectivity index (χ2n) is 9.76. The van der Waals surface area contributed by atoms with Crippen molar-refractivity contribution in [2.75, 3.05) is 0 Å². The average Bonchev–Trinajstić information content (AvgIpc) is 2.96. The number of esters is 1. The fourth-order valence-corrected chi connectivity index (χ4v) is 4.75. The summed E-state index contributed by atoms with van der Waals surface area (Å²) in [6.45, 7) is 11.5. The van der Waals surface area contributed by atoms with Gasteiger partial charge in [0, 0.05) is 12.0 Å². The lowest BCUT2D eigenvalue weighted by Crippen LogP contribution is -2.52. The van der Waals surface area contributed by atoms with Gasteiger partial charge in [-0.15, -0.1) is 0 Å². The molecule has 32 heavy (non-hydrogen) atoms. The molecule has 168 valence electrons. The molecular formula is C25H29BClFN2O2. The number of hydrogen-bond acceptors (Lipinski definition) is 4. The lowest BCUT2D eigenvalue weighted by atomic mass is 9.68. The van der Waals surface area contributed by atoms with E-state index in [2.05, 4.69) is 32.7 Å². The number of halogens is 2. The molecule has 4 nitrogen and oxygen atoms in total. The summed E-state index contributed by atoms with van der Waals surface area (Å²) in [6.07, 6.45) is 0.628. The van der Waals surface area contributed by atoms with E-state index in [0.29, 0.717) is 11.9 Å². The van der Waals surface area contributed by atoms with Crippen molar-refractivity contribution in [3.8, 4) is 0 Å². The second kappa shape index (κ2) is 9.01. The number of rotatable bonds is 5. The maximum atomic E-state index is 15.3. The minimum Gasteiger partial charge on any atom is -0.431 e. The first-order valence-electron chi connectivity index (χ1n) is 10.6. The van der Waals surface area contributed by atoms with Gasteiger partial charge < -0.3 is 10.5 Å². The monoisotopic (exact) mass is 454 g/mol. The van der Waals surface area contributed by atoms with E-state index in [9.17, 15) is 4.79 Å². The lowest BCUT2D eigenvalue weighted by molar-refractivity contribution is -0.142. The first-order chi connectivity index (χ1) is 14.8. The number of benzene rings is 2. The van der Waals surface area contributed by atoms with Gasteiger partial charge in [0.15, 0.2) is 0 Å². The van der Waals surface area contributed by atoms with Crippen LogP contribution in [-0.4, -0.2) is 25.9 Å². The van der Waals surface area contributed by atoms with Gasteiger partial charge in [-0.05, 0) is 36.0 Å². The van der Waals surface area contributed by atoms with Crippen LogP contribution in [0.5, 0.6) is 0 Å². The van der Waals surface area contributed by atoms with E-state index in [4.69, 9.17) is 29.9 Å². The molecular weight excluding hydrogens is 426 g/mol. The fraction of sp³-hybridized carbons (Fsp3) is 0.400. The van der Waals surface area contributed by atoms with E-state index < -0.39 is 29.3 Å². The summed E-state index contributed by atoms with van der Waals surface area (Å²) in [5.74, 6) is -1.71. The number of allylic oxidation sites excluding steroid dienone is 1. The number of carbonyl (C=O) groups is 1. The Morgan fingerprint density at radius 3 is 2.47 bits per heavy atom. The molecule has 0 spiro atoms. The third-order valence-corrected chi connectivity index (χ3v) is 6.17. The summed E-state index contributed by atoms with van der Waals surface area (Å²) in [5, 5.41) is 3.34. The van der Waals surface area contributed by atoms with Crippen LogP contribution in [0.4, 0.5) is 4.39 Å². The third kappa shape index (κ3) is 4.78. The summed E-state index contributed by atoms with van der Waals surface area (Å²) < 4.78 is 20.7. The number of nitrogens with two attached hydrogens (primary N) is 1. The average molecular weight is 455 g/mol. The molecule has 0 unspecified atom stereocenters. The Morgan fingerprint density at radius 2 is 1.91 bits per heavy atom. The molecule has 7 heteroatoms. The Balaban J connectivity index is 2.26. The number of nitrogens with one attached hydrogen (secondary N) is 1. The second-order valence-corrected chi connectivity index (χ2v) is 10.2. The van der Waals surface area contributed by atoms with Gasteiger partial charge in [-0.3, -0.25) is 5.32 Å². The van der Waals surface area contributed by atoms with Crippen molar-refractivity contribution >= 4 is 30.9 Å². The smallest absolute Gasteiger partial charge is 0.328 e. The predicted octanol–water partition coefficient (Wildman–Crippen LogP) is 4.06. The van der Waals surface area contributed by atoms with E-state index in [0.717, 1.165) is 5.56 Å². The van der Waals surface area contributed by atoms with Crippen LogP contribution in [0.15, 0.2) is 54.8 Å². The maximum Gasteiger partial charge on any atom is 0.328 e. The molecule has 0 aromatic heterocycles. The van der Waals surface area contributed by atoms with Crippen LogP contribution < -0.4 is 16.5 Å². The highest BCUT2D eigenvalue weighted by atomic mass is 35.5. The first-order valence-corrected chi connectivity index (χ1v) is 10.9. The van der Waals surface area contributed by atoms with E-state index >= 15 is 4.39 Å². The first kappa shape index (κ1) is 24.5. The van der Waals surface area contributed by atoms with Crippen LogP contribution in [0.25, 0.3) is 0 Å². The zero-order valence-electron chi connectivity index (χ0n) is 18.9. The Kier molecular flexibility index (Phi) is 6.90. The third-order valence-electron chi connectivity index (χ3n) is 5.88. The standard InChI is InChI=1S/C25H29BClFN2O2/c1-14(2)32-23(31)22-20(17-7-6-8-18(27)21(17)28)25(29,15-9-11-16(26)12-10-15)19(30-22)13-24(3,4)5/h6-12,19-20,22,30H,1,13,29H2,2-5H3/t19-,20-,22+,25+/m0/s1. The van der Waals surface area contributed by atoms with Gasteiger partial charge in [0.2, 0.25) is 0 Å².